The number of aliphatic hydroxyl groups is 2. The third kappa shape index (κ3) is 3.83. The summed E-state index contributed by atoms with van der Waals surface area (Å²) in [5, 5.41) is 19.0. The molecule has 0 radical (unpaired) electrons. The fourth-order valence-corrected chi connectivity index (χ4v) is 1.35. The predicted octanol–water partition coefficient (Wildman–Crippen LogP) is 2.20. The van der Waals surface area contributed by atoms with Gasteiger partial charge < -0.3 is 14.9 Å². The minimum Gasteiger partial charge on any atom is -0.490 e. The summed E-state index contributed by atoms with van der Waals surface area (Å²) in [5.74, 6) is 0.742. The second kappa shape index (κ2) is 4.85. The molecule has 0 spiro atoms. The fraction of sp³-hybridized carbons (Fsp3) is 0.538. The summed E-state index contributed by atoms with van der Waals surface area (Å²) in [7, 11) is 0. The van der Waals surface area contributed by atoms with Gasteiger partial charge in [-0.15, -0.1) is 0 Å². The number of rotatable bonds is 4. The minimum atomic E-state index is -0.838. The molecule has 0 unspecified atom stereocenters. The van der Waals surface area contributed by atoms with Crippen LogP contribution in [0.5, 0.6) is 5.75 Å². The molecule has 1 aromatic carbocycles. The van der Waals surface area contributed by atoms with Crippen molar-refractivity contribution in [3.63, 3.8) is 0 Å². The number of aryl methyl sites for hydroxylation is 1. The second-order valence-corrected chi connectivity index (χ2v) is 4.80. The Bertz CT molecular complexity index is 351. The smallest absolute Gasteiger partial charge is 0.122 e. The average molecular weight is 224 g/mol. The van der Waals surface area contributed by atoms with Crippen molar-refractivity contribution in [2.75, 3.05) is 6.61 Å². The number of aliphatic hydroxyl groups excluding tert-OH is 1. The number of hydrogen-bond acceptors (Lipinski definition) is 3. The molecular weight excluding hydrogens is 204 g/mol. The van der Waals surface area contributed by atoms with Gasteiger partial charge in [-0.05, 0) is 51.0 Å². The summed E-state index contributed by atoms with van der Waals surface area (Å²) in [5.41, 5.74) is 0.991. The quantitative estimate of drug-likeness (QED) is 0.824. The van der Waals surface area contributed by atoms with Gasteiger partial charge in [-0.1, -0.05) is 6.07 Å². The van der Waals surface area contributed by atoms with Gasteiger partial charge in [0.25, 0.3) is 0 Å². The maximum absolute atomic E-state index is 9.55. The van der Waals surface area contributed by atoms with Gasteiger partial charge in [0.2, 0.25) is 0 Å². The monoisotopic (exact) mass is 224 g/mol. The van der Waals surface area contributed by atoms with Crippen molar-refractivity contribution in [2.24, 2.45) is 0 Å². The molecular formula is C13H20O3. The zero-order valence-corrected chi connectivity index (χ0v) is 10.3. The normalized spacial score (nSPS) is 13.6. The van der Waals surface area contributed by atoms with E-state index in [0.29, 0.717) is 0 Å². The van der Waals surface area contributed by atoms with Gasteiger partial charge in [-0.25, -0.2) is 0 Å². The Labute approximate surface area is 96.7 Å². The van der Waals surface area contributed by atoms with Crippen molar-refractivity contribution >= 4 is 0 Å². The van der Waals surface area contributed by atoms with Crippen LogP contribution in [0.15, 0.2) is 18.2 Å². The van der Waals surface area contributed by atoms with Crippen molar-refractivity contribution in [3.8, 4) is 5.75 Å². The van der Waals surface area contributed by atoms with Gasteiger partial charge in [0.15, 0.2) is 0 Å². The fourth-order valence-electron chi connectivity index (χ4n) is 1.35. The molecule has 0 aromatic heterocycles. The Hall–Kier alpha value is -1.06. The van der Waals surface area contributed by atoms with Crippen molar-refractivity contribution in [2.45, 2.75) is 39.4 Å². The largest absolute Gasteiger partial charge is 0.490 e. The molecule has 1 rings (SSSR count). The maximum Gasteiger partial charge on any atom is 0.122 e. The molecule has 1 aromatic rings. The molecule has 0 aliphatic heterocycles. The van der Waals surface area contributed by atoms with Gasteiger partial charge in [0.05, 0.1) is 11.7 Å². The first-order valence-corrected chi connectivity index (χ1v) is 5.43. The summed E-state index contributed by atoms with van der Waals surface area (Å²) in [6, 6.07) is 5.55. The molecule has 0 aliphatic carbocycles. The van der Waals surface area contributed by atoms with E-state index in [0.717, 1.165) is 16.9 Å². The highest BCUT2D eigenvalue weighted by molar-refractivity contribution is 5.36. The first-order valence-electron chi connectivity index (χ1n) is 5.43. The molecule has 0 aliphatic rings. The third-order valence-corrected chi connectivity index (χ3v) is 2.26. The van der Waals surface area contributed by atoms with Gasteiger partial charge in [0, 0.05) is 0 Å². The van der Waals surface area contributed by atoms with Crippen LogP contribution < -0.4 is 4.74 Å². The van der Waals surface area contributed by atoms with Gasteiger partial charge in [0.1, 0.15) is 12.4 Å². The molecule has 0 bridgehead atoms. The van der Waals surface area contributed by atoms with Gasteiger partial charge in [-0.3, -0.25) is 0 Å². The third-order valence-electron chi connectivity index (χ3n) is 2.26. The van der Waals surface area contributed by atoms with E-state index in [1.54, 1.807) is 20.8 Å². The van der Waals surface area contributed by atoms with E-state index < -0.39 is 11.7 Å². The molecule has 0 fully saturated rings. The van der Waals surface area contributed by atoms with Crippen LogP contribution >= 0.6 is 0 Å². The van der Waals surface area contributed by atoms with Crippen LogP contribution in [0, 0.1) is 6.92 Å². The van der Waals surface area contributed by atoms with E-state index in [-0.39, 0.29) is 6.61 Å². The van der Waals surface area contributed by atoms with Crippen LogP contribution in [0.2, 0.25) is 0 Å². The van der Waals surface area contributed by atoms with E-state index in [1.165, 1.54) is 0 Å². The van der Waals surface area contributed by atoms with Crippen LogP contribution in [0.25, 0.3) is 0 Å². The maximum atomic E-state index is 9.55. The topological polar surface area (TPSA) is 49.7 Å². The molecule has 3 heteroatoms. The van der Waals surface area contributed by atoms with E-state index in [2.05, 4.69) is 0 Å². The zero-order valence-electron chi connectivity index (χ0n) is 10.3. The van der Waals surface area contributed by atoms with E-state index in [1.807, 2.05) is 25.1 Å². The number of hydrogen-bond donors (Lipinski definition) is 2. The molecule has 0 saturated heterocycles. The van der Waals surface area contributed by atoms with Gasteiger partial charge in [-0.2, -0.15) is 0 Å². The second-order valence-electron chi connectivity index (χ2n) is 4.80. The molecule has 0 saturated carbocycles. The summed E-state index contributed by atoms with van der Waals surface area (Å²) in [4.78, 5) is 0. The minimum absolute atomic E-state index is 0.252. The predicted molar refractivity (Wildman–Crippen MR) is 63.6 cm³/mol. The molecule has 3 nitrogen and oxygen atoms in total. The summed E-state index contributed by atoms with van der Waals surface area (Å²) in [6.45, 7) is 7.30. The molecule has 16 heavy (non-hydrogen) atoms. The molecule has 90 valence electrons. The lowest BCUT2D eigenvalue weighted by molar-refractivity contribution is 0.0282. The Morgan fingerprint density at radius 3 is 2.44 bits per heavy atom. The van der Waals surface area contributed by atoms with E-state index in [4.69, 9.17) is 4.74 Å². The van der Waals surface area contributed by atoms with E-state index >= 15 is 0 Å². The first-order chi connectivity index (χ1) is 7.29. The summed E-state index contributed by atoms with van der Waals surface area (Å²) in [6.07, 6.45) is -0.470. The Kier molecular flexibility index (Phi) is 3.94. The molecule has 1 atom stereocenters. The van der Waals surface area contributed by atoms with Crippen molar-refractivity contribution in [3.05, 3.63) is 29.3 Å². The zero-order chi connectivity index (χ0) is 12.3. The standard InChI is InChI=1S/C13H20O3/c1-9-7-11(10(2)14)5-6-12(9)16-8-13(3,4)15/h5-7,10,14-15H,8H2,1-4H3/t10-/m0/s1. The van der Waals surface area contributed by atoms with Crippen LogP contribution in [0.1, 0.15) is 38.0 Å². The SMILES string of the molecule is Cc1cc([C@H](C)O)ccc1OCC(C)(C)O. The van der Waals surface area contributed by atoms with E-state index in [9.17, 15) is 10.2 Å². The van der Waals surface area contributed by atoms with Crippen LogP contribution in [-0.2, 0) is 0 Å². The van der Waals surface area contributed by atoms with Crippen LogP contribution in [0.4, 0.5) is 0 Å². The Balaban J connectivity index is 2.76. The average Bonchev–Trinajstić information content (AvgIpc) is 2.14. The molecule has 0 heterocycles. The van der Waals surface area contributed by atoms with Crippen molar-refractivity contribution in [1.29, 1.82) is 0 Å². The molecule has 0 amide bonds. The number of benzene rings is 1. The lowest BCUT2D eigenvalue weighted by Crippen LogP contribution is -2.28. The highest BCUT2D eigenvalue weighted by Gasteiger charge is 2.14. The highest BCUT2D eigenvalue weighted by Crippen LogP contribution is 2.23. The van der Waals surface area contributed by atoms with Crippen molar-refractivity contribution in [1.82, 2.24) is 0 Å². The lowest BCUT2D eigenvalue weighted by Gasteiger charge is -2.19. The van der Waals surface area contributed by atoms with Crippen LogP contribution in [-0.4, -0.2) is 22.4 Å². The Morgan fingerprint density at radius 1 is 1.38 bits per heavy atom. The lowest BCUT2D eigenvalue weighted by atomic mass is 10.1. The highest BCUT2D eigenvalue weighted by atomic mass is 16.5. The summed E-state index contributed by atoms with van der Waals surface area (Å²) >= 11 is 0. The van der Waals surface area contributed by atoms with Crippen molar-refractivity contribution < 1.29 is 14.9 Å². The van der Waals surface area contributed by atoms with Crippen LogP contribution in [0.3, 0.4) is 0 Å². The number of ether oxygens (including phenoxy) is 1. The first kappa shape index (κ1) is 13.0. The molecule has 2 N–H and O–H groups in total. The summed E-state index contributed by atoms with van der Waals surface area (Å²) < 4.78 is 5.50. The Morgan fingerprint density at radius 2 is 2.00 bits per heavy atom. The van der Waals surface area contributed by atoms with Gasteiger partial charge >= 0.3 is 0 Å².